The number of nitrogens with one attached hydrogen (secondary N) is 3. The Hall–Kier alpha value is -3.53. The van der Waals surface area contributed by atoms with Crippen LogP contribution >= 0.6 is 0 Å². The van der Waals surface area contributed by atoms with Crippen molar-refractivity contribution in [3.63, 3.8) is 0 Å². The van der Waals surface area contributed by atoms with E-state index >= 15 is 0 Å². The molecular formula is C23H26N4O3. The molecule has 2 aromatic carbocycles. The van der Waals surface area contributed by atoms with E-state index < -0.39 is 5.54 Å². The summed E-state index contributed by atoms with van der Waals surface area (Å²) in [5.74, 6) is 0.319. The number of nitrogens with zero attached hydrogens (tertiary/aromatic N) is 1. The van der Waals surface area contributed by atoms with Crippen LogP contribution in [0.1, 0.15) is 43.0 Å². The first-order valence-corrected chi connectivity index (χ1v) is 10.1. The van der Waals surface area contributed by atoms with Gasteiger partial charge in [0.15, 0.2) is 0 Å². The summed E-state index contributed by atoms with van der Waals surface area (Å²) in [6.45, 7) is 2.58. The van der Waals surface area contributed by atoms with E-state index in [4.69, 9.17) is 4.74 Å². The maximum atomic E-state index is 12.4. The van der Waals surface area contributed by atoms with E-state index in [1.54, 1.807) is 48.5 Å². The smallest absolute Gasteiger partial charge is 0.255 e. The van der Waals surface area contributed by atoms with Gasteiger partial charge in [0.2, 0.25) is 5.91 Å². The first-order valence-electron chi connectivity index (χ1n) is 10.1. The molecule has 0 bridgehead atoms. The number of carbonyl (C=O) groups excluding carboxylic acids is 2. The monoisotopic (exact) mass is 406 g/mol. The Bertz CT molecular complexity index is 911. The van der Waals surface area contributed by atoms with E-state index in [1.807, 2.05) is 6.92 Å². The summed E-state index contributed by atoms with van der Waals surface area (Å²) < 4.78 is 5.39. The average molecular weight is 406 g/mol. The van der Waals surface area contributed by atoms with Gasteiger partial charge >= 0.3 is 0 Å². The fourth-order valence-corrected chi connectivity index (χ4v) is 3.48. The Morgan fingerprint density at radius 3 is 2.27 bits per heavy atom. The molecule has 0 aromatic heterocycles. The molecule has 7 heteroatoms. The predicted molar refractivity (Wildman–Crippen MR) is 115 cm³/mol. The number of rotatable bonds is 8. The molecule has 0 saturated heterocycles. The first kappa shape index (κ1) is 21.2. The van der Waals surface area contributed by atoms with E-state index in [0.717, 1.165) is 24.3 Å². The fourth-order valence-electron chi connectivity index (χ4n) is 3.48. The SMILES string of the molecule is CCOc1ccc(NC(=O)c2ccc(NCC(=O)NC3(C#N)CCCC3)cc2)cc1. The lowest BCUT2D eigenvalue weighted by atomic mass is 10.00. The molecule has 1 aliphatic rings. The van der Waals surface area contributed by atoms with Crippen molar-refractivity contribution in [3.05, 3.63) is 54.1 Å². The van der Waals surface area contributed by atoms with Crippen molar-refractivity contribution >= 4 is 23.2 Å². The van der Waals surface area contributed by atoms with Crippen molar-refractivity contribution in [1.29, 1.82) is 5.26 Å². The van der Waals surface area contributed by atoms with Crippen molar-refractivity contribution in [1.82, 2.24) is 5.32 Å². The minimum absolute atomic E-state index is 0.0706. The lowest BCUT2D eigenvalue weighted by Crippen LogP contribution is -2.47. The molecular weight excluding hydrogens is 380 g/mol. The highest BCUT2D eigenvalue weighted by Crippen LogP contribution is 2.28. The Labute approximate surface area is 176 Å². The zero-order valence-electron chi connectivity index (χ0n) is 17.0. The molecule has 1 aliphatic carbocycles. The van der Waals surface area contributed by atoms with Crippen molar-refractivity contribution in [2.24, 2.45) is 0 Å². The number of ether oxygens (including phenoxy) is 1. The van der Waals surface area contributed by atoms with Gasteiger partial charge in [-0.25, -0.2) is 0 Å². The summed E-state index contributed by atoms with van der Waals surface area (Å²) in [5, 5.41) is 18.1. The van der Waals surface area contributed by atoms with Crippen molar-refractivity contribution in [2.75, 3.05) is 23.8 Å². The minimum atomic E-state index is -0.721. The lowest BCUT2D eigenvalue weighted by molar-refractivity contribution is -0.120. The summed E-state index contributed by atoms with van der Waals surface area (Å²) in [6, 6.07) is 16.3. The van der Waals surface area contributed by atoms with E-state index in [-0.39, 0.29) is 18.4 Å². The second-order valence-electron chi connectivity index (χ2n) is 7.29. The number of carbonyl (C=O) groups is 2. The second-order valence-corrected chi connectivity index (χ2v) is 7.29. The Morgan fingerprint density at radius 1 is 1.03 bits per heavy atom. The van der Waals surface area contributed by atoms with E-state index in [9.17, 15) is 14.9 Å². The van der Waals surface area contributed by atoms with Crippen LogP contribution in [-0.2, 0) is 4.79 Å². The molecule has 0 radical (unpaired) electrons. The minimum Gasteiger partial charge on any atom is -0.494 e. The molecule has 1 fully saturated rings. The Morgan fingerprint density at radius 2 is 1.67 bits per heavy atom. The highest BCUT2D eigenvalue weighted by molar-refractivity contribution is 6.04. The van der Waals surface area contributed by atoms with E-state index in [0.29, 0.717) is 30.7 Å². The third kappa shape index (κ3) is 5.51. The predicted octanol–water partition coefficient (Wildman–Crippen LogP) is 3.70. The molecule has 2 amide bonds. The molecule has 1 saturated carbocycles. The van der Waals surface area contributed by atoms with Gasteiger partial charge in [-0.1, -0.05) is 0 Å². The number of anilines is 2. The van der Waals surface area contributed by atoms with Gasteiger partial charge in [-0.05, 0) is 81.1 Å². The number of hydrogen-bond donors (Lipinski definition) is 3. The molecule has 0 atom stereocenters. The Kier molecular flexibility index (Phi) is 6.91. The summed E-state index contributed by atoms with van der Waals surface area (Å²) >= 11 is 0. The normalized spacial score (nSPS) is 14.4. The van der Waals surface area contributed by atoms with Crippen LogP contribution in [0.3, 0.4) is 0 Å². The van der Waals surface area contributed by atoms with Gasteiger partial charge in [-0.2, -0.15) is 5.26 Å². The number of hydrogen-bond acceptors (Lipinski definition) is 5. The topological polar surface area (TPSA) is 103 Å². The van der Waals surface area contributed by atoms with Crippen molar-refractivity contribution in [2.45, 2.75) is 38.1 Å². The molecule has 3 rings (SSSR count). The number of nitriles is 1. The van der Waals surface area contributed by atoms with Crippen molar-refractivity contribution < 1.29 is 14.3 Å². The highest BCUT2D eigenvalue weighted by atomic mass is 16.5. The van der Waals surface area contributed by atoms with Crippen LogP contribution in [0.5, 0.6) is 5.75 Å². The maximum Gasteiger partial charge on any atom is 0.255 e. The van der Waals surface area contributed by atoms with Crippen LogP contribution in [0.25, 0.3) is 0 Å². The molecule has 7 nitrogen and oxygen atoms in total. The van der Waals surface area contributed by atoms with Gasteiger partial charge in [0.25, 0.3) is 5.91 Å². The van der Waals surface area contributed by atoms with Gasteiger partial charge in [-0.3, -0.25) is 9.59 Å². The zero-order valence-corrected chi connectivity index (χ0v) is 17.0. The summed E-state index contributed by atoms with van der Waals surface area (Å²) in [6.07, 6.45) is 3.32. The largest absolute Gasteiger partial charge is 0.494 e. The average Bonchev–Trinajstić information content (AvgIpc) is 3.23. The molecule has 0 unspecified atom stereocenters. The standard InChI is InChI=1S/C23H26N4O3/c1-2-30-20-11-9-19(10-12-20)26-22(29)17-5-7-18(8-6-17)25-15-21(28)27-23(16-24)13-3-4-14-23/h5-12,25H,2-4,13-15H2,1H3,(H,26,29)(H,27,28). The Balaban J connectivity index is 1.50. The van der Waals surface area contributed by atoms with Crippen LogP contribution in [0, 0.1) is 11.3 Å². The third-order valence-electron chi connectivity index (χ3n) is 5.07. The van der Waals surface area contributed by atoms with Crippen LogP contribution in [0.4, 0.5) is 11.4 Å². The molecule has 156 valence electrons. The maximum absolute atomic E-state index is 12.4. The molecule has 30 heavy (non-hydrogen) atoms. The fraction of sp³-hybridized carbons (Fsp3) is 0.348. The summed E-state index contributed by atoms with van der Waals surface area (Å²) in [5.41, 5.74) is 1.19. The van der Waals surface area contributed by atoms with Crippen LogP contribution < -0.4 is 20.7 Å². The first-order chi connectivity index (χ1) is 14.5. The highest BCUT2D eigenvalue weighted by Gasteiger charge is 2.35. The van der Waals surface area contributed by atoms with Crippen LogP contribution in [0.15, 0.2) is 48.5 Å². The van der Waals surface area contributed by atoms with Crippen LogP contribution in [0.2, 0.25) is 0 Å². The van der Waals surface area contributed by atoms with E-state index in [1.165, 1.54) is 0 Å². The molecule has 0 spiro atoms. The third-order valence-corrected chi connectivity index (χ3v) is 5.07. The van der Waals surface area contributed by atoms with Crippen LogP contribution in [-0.4, -0.2) is 30.5 Å². The van der Waals surface area contributed by atoms with Gasteiger partial charge in [0, 0.05) is 16.9 Å². The molecule has 0 heterocycles. The second kappa shape index (κ2) is 9.79. The lowest BCUT2D eigenvalue weighted by Gasteiger charge is -2.22. The molecule has 2 aromatic rings. The zero-order chi connectivity index (χ0) is 21.4. The van der Waals surface area contributed by atoms with Gasteiger partial charge < -0.3 is 20.7 Å². The number of amides is 2. The molecule has 3 N–H and O–H groups in total. The quantitative estimate of drug-likeness (QED) is 0.620. The van der Waals surface area contributed by atoms with E-state index in [2.05, 4.69) is 22.0 Å². The van der Waals surface area contributed by atoms with Gasteiger partial charge in [-0.15, -0.1) is 0 Å². The van der Waals surface area contributed by atoms with Crippen molar-refractivity contribution in [3.8, 4) is 11.8 Å². The van der Waals surface area contributed by atoms with Gasteiger partial charge in [0.05, 0.1) is 19.2 Å². The molecule has 0 aliphatic heterocycles. The summed E-state index contributed by atoms with van der Waals surface area (Å²) in [7, 11) is 0. The number of benzene rings is 2. The van der Waals surface area contributed by atoms with Gasteiger partial charge in [0.1, 0.15) is 11.3 Å². The summed E-state index contributed by atoms with van der Waals surface area (Å²) in [4.78, 5) is 24.6.